The molecule has 2 rings (SSSR count). The highest BCUT2D eigenvalue weighted by molar-refractivity contribution is 6.33. The second-order valence-electron chi connectivity index (χ2n) is 2.82. The van der Waals surface area contributed by atoms with Gasteiger partial charge in [0.15, 0.2) is 11.6 Å². The Morgan fingerprint density at radius 1 is 0.812 bits per heavy atom. The summed E-state index contributed by atoms with van der Waals surface area (Å²) in [5.74, 6) is 0.678. The van der Waals surface area contributed by atoms with E-state index in [1.54, 1.807) is 36.7 Å². The molecule has 0 saturated heterocycles. The summed E-state index contributed by atoms with van der Waals surface area (Å²) in [6.07, 6.45) is 3.17. The molecule has 0 atom stereocenters. The molecule has 6 heteroatoms. The van der Waals surface area contributed by atoms with Crippen LogP contribution in [0.5, 0.6) is 0 Å². The van der Waals surface area contributed by atoms with Gasteiger partial charge < -0.3 is 0 Å². The van der Waals surface area contributed by atoms with Crippen molar-refractivity contribution in [2.75, 3.05) is 0 Å². The number of aromatic nitrogens is 2. The van der Waals surface area contributed by atoms with Gasteiger partial charge in [0.25, 0.3) is 0 Å². The third kappa shape index (κ3) is 2.53. The lowest BCUT2D eigenvalue weighted by atomic mass is 10.5. The molecule has 0 unspecified atom stereocenters. The highest BCUT2D eigenvalue weighted by Gasteiger charge is 2.00. The maximum Gasteiger partial charge on any atom is 0.193 e. The topological polar surface area (TPSA) is 50.5 Å². The van der Waals surface area contributed by atoms with Crippen molar-refractivity contribution < 1.29 is 0 Å². The van der Waals surface area contributed by atoms with Gasteiger partial charge >= 0.3 is 0 Å². The van der Waals surface area contributed by atoms with E-state index >= 15 is 0 Å². The van der Waals surface area contributed by atoms with E-state index in [-0.39, 0.29) is 0 Å². The number of hydrogen-bond acceptors (Lipinski definition) is 4. The van der Waals surface area contributed by atoms with Crippen LogP contribution in [0.3, 0.4) is 0 Å². The maximum absolute atomic E-state index is 5.86. The summed E-state index contributed by atoms with van der Waals surface area (Å²) in [6, 6.07) is 6.80. The number of halogens is 2. The molecule has 0 amide bonds. The van der Waals surface area contributed by atoms with Gasteiger partial charge in [0.05, 0.1) is 10.0 Å². The standard InChI is InChI=1S/C10H6Cl2N4/c11-7-3-1-5-13-9(7)15-16-10-8(12)4-2-6-14-10/h1-6H. The predicted molar refractivity (Wildman–Crippen MR) is 62.7 cm³/mol. The molecule has 0 aromatic carbocycles. The number of nitrogens with zero attached hydrogens (tertiary/aromatic N) is 4. The Morgan fingerprint density at radius 3 is 1.62 bits per heavy atom. The van der Waals surface area contributed by atoms with Crippen LogP contribution in [0.2, 0.25) is 10.0 Å². The zero-order valence-electron chi connectivity index (χ0n) is 8.01. The minimum absolute atomic E-state index is 0.339. The van der Waals surface area contributed by atoms with Gasteiger partial charge in [0, 0.05) is 12.4 Å². The molecule has 80 valence electrons. The Hall–Kier alpha value is -1.52. The molecule has 0 bridgehead atoms. The first kappa shape index (κ1) is 11.0. The average molecular weight is 253 g/mol. The molecule has 0 aliphatic rings. The summed E-state index contributed by atoms with van der Waals surface area (Å²) in [7, 11) is 0. The summed E-state index contributed by atoms with van der Waals surface area (Å²) in [5.41, 5.74) is 0. The molecule has 0 fully saturated rings. The van der Waals surface area contributed by atoms with E-state index in [9.17, 15) is 0 Å². The van der Waals surface area contributed by atoms with Crippen LogP contribution < -0.4 is 0 Å². The molecular weight excluding hydrogens is 247 g/mol. The van der Waals surface area contributed by atoms with Crippen LogP contribution in [0.1, 0.15) is 0 Å². The SMILES string of the molecule is Clc1cccnc1N=Nc1ncccc1Cl. The van der Waals surface area contributed by atoms with Crippen LogP contribution in [0.15, 0.2) is 46.9 Å². The van der Waals surface area contributed by atoms with Crippen molar-refractivity contribution in [1.29, 1.82) is 0 Å². The fraction of sp³-hybridized carbons (Fsp3) is 0. The largest absolute Gasteiger partial charge is 0.234 e. The van der Waals surface area contributed by atoms with Crippen molar-refractivity contribution in [3.63, 3.8) is 0 Å². The van der Waals surface area contributed by atoms with E-state index in [1.807, 2.05) is 0 Å². The van der Waals surface area contributed by atoms with Crippen LogP contribution in [0, 0.1) is 0 Å². The number of azo groups is 1. The highest BCUT2D eigenvalue weighted by atomic mass is 35.5. The zero-order chi connectivity index (χ0) is 11.4. The lowest BCUT2D eigenvalue weighted by molar-refractivity contribution is 1.11. The summed E-state index contributed by atoms with van der Waals surface area (Å²) >= 11 is 11.7. The minimum Gasteiger partial charge on any atom is -0.234 e. The van der Waals surface area contributed by atoms with Crippen molar-refractivity contribution >= 4 is 34.8 Å². The van der Waals surface area contributed by atoms with Gasteiger partial charge in [-0.2, -0.15) is 0 Å². The summed E-state index contributed by atoms with van der Waals surface area (Å²) < 4.78 is 0. The van der Waals surface area contributed by atoms with Crippen LogP contribution in [-0.4, -0.2) is 9.97 Å². The van der Waals surface area contributed by atoms with Gasteiger partial charge in [-0.15, -0.1) is 10.2 Å². The predicted octanol–water partition coefficient (Wildman–Crippen LogP) is 4.20. The Bertz CT molecular complexity index is 480. The van der Waals surface area contributed by atoms with Gasteiger partial charge in [-0.1, -0.05) is 23.2 Å². The molecule has 0 N–H and O–H groups in total. The van der Waals surface area contributed by atoms with Crippen LogP contribution >= 0.6 is 23.2 Å². The van der Waals surface area contributed by atoms with Crippen molar-refractivity contribution in [2.45, 2.75) is 0 Å². The smallest absolute Gasteiger partial charge is 0.193 e. The van der Waals surface area contributed by atoms with Gasteiger partial charge in [0.1, 0.15) is 0 Å². The Morgan fingerprint density at radius 2 is 1.25 bits per heavy atom. The van der Waals surface area contributed by atoms with Gasteiger partial charge in [-0.05, 0) is 24.3 Å². The van der Waals surface area contributed by atoms with Gasteiger partial charge in [-0.25, -0.2) is 9.97 Å². The second-order valence-corrected chi connectivity index (χ2v) is 3.63. The first-order valence-electron chi connectivity index (χ1n) is 4.40. The summed E-state index contributed by atoms with van der Waals surface area (Å²) in [6.45, 7) is 0. The Balaban J connectivity index is 2.29. The quantitative estimate of drug-likeness (QED) is 0.753. The monoisotopic (exact) mass is 252 g/mol. The highest BCUT2D eigenvalue weighted by Crippen LogP contribution is 2.25. The lowest BCUT2D eigenvalue weighted by Crippen LogP contribution is -1.75. The van der Waals surface area contributed by atoms with Gasteiger partial charge in [-0.3, -0.25) is 0 Å². The first-order chi connectivity index (χ1) is 7.77. The molecule has 2 aromatic heterocycles. The van der Waals surface area contributed by atoms with E-state index in [0.717, 1.165) is 0 Å². The fourth-order valence-electron chi connectivity index (χ4n) is 0.997. The van der Waals surface area contributed by atoms with Crippen molar-refractivity contribution in [3.05, 3.63) is 46.7 Å². The van der Waals surface area contributed by atoms with Crippen molar-refractivity contribution in [3.8, 4) is 0 Å². The normalized spacial score (nSPS) is 10.9. The molecule has 2 aromatic rings. The van der Waals surface area contributed by atoms with Crippen LogP contribution in [0.25, 0.3) is 0 Å². The Labute approximate surface area is 102 Å². The fourth-order valence-corrected chi connectivity index (χ4v) is 1.32. The minimum atomic E-state index is 0.339. The van der Waals surface area contributed by atoms with E-state index < -0.39 is 0 Å². The number of pyridine rings is 2. The lowest BCUT2D eigenvalue weighted by Gasteiger charge is -1.95. The van der Waals surface area contributed by atoms with E-state index in [4.69, 9.17) is 23.2 Å². The third-order valence-corrected chi connectivity index (χ3v) is 2.31. The van der Waals surface area contributed by atoms with Crippen LogP contribution in [-0.2, 0) is 0 Å². The summed E-state index contributed by atoms with van der Waals surface area (Å²) in [4.78, 5) is 7.92. The molecule has 0 spiro atoms. The van der Waals surface area contributed by atoms with Gasteiger partial charge in [0.2, 0.25) is 0 Å². The molecule has 0 radical (unpaired) electrons. The molecule has 0 aliphatic heterocycles. The zero-order valence-corrected chi connectivity index (χ0v) is 9.52. The second kappa shape index (κ2) is 5.01. The Kier molecular flexibility index (Phi) is 3.44. The molecule has 0 aliphatic carbocycles. The van der Waals surface area contributed by atoms with Crippen LogP contribution in [0.4, 0.5) is 11.6 Å². The molecule has 0 saturated carbocycles. The molecule has 4 nitrogen and oxygen atoms in total. The van der Waals surface area contributed by atoms with Crippen molar-refractivity contribution in [2.24, 2.45) is 10.2 Å². The van der Waals surface area contributed by atoms with E-state index in [2.05, 4.69) is 20.2 Å². The summed E-state index contributed by atoms with van der Waals surface area (Å²) in [5, 5.41) is 8.60. The molecule has 16 heavy (non-hydrogen) atoms. The third-order valence-electron chi connectivity index (χ3n) is 1.72. The molecular formula is C10H6Cl2N4. The van der Waals surface area contributed by atoms with Crippen molar-refractivity contribution in [1.82, 2.24) is 9.97 Å². The van der Waals surface area contributed by atoms with E-state index in [0.29, 0.717) is 21.7 Å². The number of rotatable bonds is 2. The average Bonchev–Trinajstić information content (AvgIpc) is 2.30. The van der Waals surface area contributed by atoms with E-state index in [1.165, 1.54) is 0 Å². The maximum atomic E-state index is 5.86. The molecule has 2 heterocycles. The number of hydrogen-bond donors (Lipinski definition) is 0. The first-order valence-corrected chi connectivity index (χ1v) is 5.16.